The van der Waals surface area contributed by atoms with Gasteiger partial charge in [0.15, 0.2) is 0 Å². The van der Waals surface area contributed by atoms with Crippen LogP contribution in [0.3, 0.4) is 0 Å². The van der Waals surface area contributed by atoms with E-state index in [-0.39, 0.29) is 6.17 Å². The summed E-state index contributed by atoms with van der Waals surface area (Å²) in [4.78, 5) is 0. The van der Waals surface area contributed by atoms with Crippen molar-refractivity contribution in [1.82, 2.24) is 10.4 Å². The van der Waals surface area contributed by atoms with Crippen molar-refractivity contribution in [2.75, 3.05) is 12.9 Å². The van der Waals surface area contributed by atoms with E-state index in [9.17, 15) is 0 Å². The summed E-state index contributed by atoms with van der Waals surface area (Å²) in [6.45, 7) is 0. The number of rotatable bonds is 1. The van der Waals surface area contributed by atoms with Crippen LogP contribution in [0.15, 0.2) is 10.4 Å². The second kappa shape index (κ2) is 2.17. The molecule has 1 aliphatic heterocycles. The maximum atomic E-state index is 5.48. The molecule has 46 valence electrons. The molecule has 0 fully saturated rings. The first-order chi connectivity index (χ1) is 3.84. The molecule has 4 nitrogen and oxygen atoms in total. The van der Waals surface area contributed by atoms with Gasteiger partial charge < -0.3 is 0 Å². The minimum atomic E-state index is 0.0802. The van der Waals surface area contributed by atoms with E-state index in [1.165, 1.54) is 0 Å². The van der Waals surface area contributed by atoms with Crippen LogP contribution in [0.2, 0.25) is 0 Å². The maximum Gasteiger partial charge on any atom is 0.148 e. The van der Waals surface area contributed by atoms with Crippen molar-refractivity contribution in [1.29, 1.82) is 0 Å². The number of hydrogen-bond donors (Lipinski definition) is 1. The molecule has 0 amide bonds. The normalized spacial score (nSPS) is 26.2. The van der Waals surface area contributed by atoms with Crippen LogP contribution in [0, 0.1) is 0 Å². The zero-order valence-corrected chi connectivity index (χ0v) is 5.26. The van der Waals surface area contributed by atoms with Crippen LogP contribution in [-0.2, 0) is 0 Å². The van der Waals surface area contributed by atoms with E-state index in [2.05, 4.69) is 15.9 Å². The maximum absolute atomic E-state index is 5.48. The zero-order valence-electron chi connectivity index (χ0n) is 4.50. The van der Waals surface area contributed by atoms with Crippen LogP contribution < -0.4 is 5.43 Å². The van der Waals surface area contributed by atoms with Gasteiger partial charge in [-0.2, -0.15) is 0 Å². The molecule has 0 aromatic carbocycles. The molecule has 8 heavy (non-hydrogen) atoms. The summed E-state index contributed by atoms with van der Waals surface area (Å²) in [6.07, 6.45) is 0.0802. The number of halogens is 1. The number of nitrogens with one attached hydrogen (secondary N) is 1. The molecular formula is C3H7ClN4. The Hall–Kier alpha value is -0.510. The molecule has 5 heteroatoms. The Morgan fingerprint density at radius 2 is 2.62 bits per heavy atom. The highest BCUT2D eigenvalue weighted by Crippen LogP contribution is 2.01. The fourth-order valence-corrected chi connectivity index (χ4v) is 0.712. The molecule has 0 saturated heterocycles. The van der Waals surface area contributed by atoms with Gasteiger partial charge in [-0.25, -0.2) is 0 Å². The Labute approximate surface area is 52.5 Å². The highest BCUT2D eigenvalue weighted by molar-refractivity contribution is 6.18. The van der Waals surface area contributed by atoms with E-state index in [4.69, 9.17) is 11.6 Å². The standard InChI is InChI=1S/C3H7ClN4/c1-8-3(2-4)5-6-7-8/h3H,2H2,1H3,(H,5,7). The lowest BCUT2D eigenvalue weighted by Crippen LogP contribution is -2.33. The van der Waals surface area contributed by atoms with E-state index in [1.807, 2.05) is 7.05 Å². The molecule has 1 atom stereocenters. The van der Waals surface area contributed by atoms with Crippen molar-refractivity contribution >= 4 is 11.6 Å². The van der Waals surface area contributed by atoms with Crippen LogP contribution in [0.5, 0.6) is 0 Å². The van der Waals surface area contributed by atoms with Crippen LogP contribution in [0.25, 0.3) is 0 Å². The molecule has 1 unspecified atom stereocenters. The SMILES string of the molecule is CN1N=NNC1CCl. The molecular weight excluding hydrogens is 128 g/mol. The number of nitrogens with zero attached hydrogens (tertiary/aromatic N) is 3. The van der Waals surface area contributed by atoms with Crippen LogP contribution >= 0.6 is 11.6 Å². The first kappa shape index (κ1) is 5.62. The first-order valence-electron chi connectivity index (χ1n) is 2.29. The second-order valence-electron chi connectivity index (χ2n) is 1.56. The highest BCUT2D eigenvalue weighted by Gasteiger charge is 2.14. The summed E-state index contributed by atoms with van der Waals surface area (Å²) in [5.74, 6) is 0.503. The zero-order chi connectivity index (χ0) is 5.98. The van der Waals surface area contributed by atoms with Crippen LogP contribution in [0.4, 0.5) is 0 Å². The molecule has 0 aromatic heterocycles. The summed E-state index contributed by atoms with van der Waals surface area (Å²) < 4.78 is 0. The predicted octanol–water partition coefficient (Wildman–Crippen LogP) is 0.368. The third-order valence-corrected chi connectivity index (χ3v) is 1.28. The Morgan fingerprint density at radius 1 is 1.88 bits per heavy atom. The van der Waals surface area contributed by atoms with Gasteiger partial charge in [-0.3, -0.25) is 10.4 Å². The van der Waals surface area contributed by atoms with Gasteiger partial charge in [-0.15, -0.1) is 11.6 Å². The van der Waals surface area contributed by atoms with E-state index in [0.29, 0.717) is 5.88 Å². The number of alkyl halides is 1. The summed E-state index contributed by atoms with van der Waals surface area (Å²) in [6, 6.07) is 0. The summed E-state index contributed by atoms with van der Waals surface area (Å²) >= 11 is 5.48. The van der Waals surface area contributed by atoms with Gasteiger partial charge in [-0.05, 0) is 0 Å². The van der Waals surface area contributed by atoms with E-state index in [1.54, 1.807) is 5.01 Å². The lowest BCUT2D eigenvalue weighted by molar-refractivity contribution is 0.289. The Bertz CT molecular complexity index is 103. The minimum absolute atomic E-state index is 0.0802. The Morgan fingerprint density at radius 3 is 2.88 bits per heavy atom. The Balaban J connectivity index is 2.38. The largest absolute Gasteiger partial charge is 0.265 e. The monoisotopic (exact) mass is 134 g/mol. The van der Waals surface area contributed by atoms with Crippen molar-refractivity contribution < 1.29 is 0 Å². The van der Waals surface area contributed by atoms with Crippen molar-refractivity contribution in [2.45, 2.75) is 6.17 Å². The average molecular weight is 135 g/mol. The lowest BCUT2D eigenvalue weighted by Gasteiger charge is -2.11. The van der Waals surface area contributed by atoms with Gasteiger partial charge >= 0.3 is 0 Å². The quantitative estimate of drug-likeness (QED) is 0.527. The van der Waals surface area contributed by atoms with Crippen molar-refractivity contribution in [3.8, 4) is 0 Å². The average Bonchev–Trinajstić information content (AvgIpc) is 2.14. The molecule has 0 bridgehead atoms. The fraction of sp³-hybridized carbons (Fsp3) is 1.00. The smallest absolute Gasteiger partial charge is 0.148 e. The molecule has 0 radical (unpaired) electrons. The van der Waals surface area contributed by atoms with Crippen LogP contribution in [0.1, 0.15) is 0 Å². The number of hydrogen-bond acceptors (Lipinski definition) is 4. The second-order valence-corrected chi connectivity index (χ2v) is 1.87. The third kappa shape index (κ3) is 0.838. The van der Waals surface area contributed by atoms with Crippen molar-refractivity contribution in [3.63, 3.8) is 0 Å². The topological polar surface area (TPSA) is 40.0 Å². The van der Waals surface area contributed by atoms with Crippen molar-refractivity contribution in [2.24, 2.45) is 10.4 Å². The van der Waals surface area contributed by atoms with E-state index in [0.717, 1.165) is 0 Å². The molecule has 0 aromatic rings. The molecule has 1 heterocycles. The summed E-state index contributed by atoms with van der Waals surface area (Å²) in [7, 11) is 1.82. The molecule has 1 N–H and O–H groups in total. The Kier molecular flexibility index (Phi) is 1.53. The van der Waals surface area contributed by atoms with E-state index >= 15 is 0 Å². The summed E-state index contributed by atoms with van der Waals surface area (Å²) in [5.41, 5.74) is 2.71. The van der Waals surface area contributed by atoms with Gasteiger partial charge in [0.1, 0.15) is 6.17 Å². The molecule has 1 rings (SSSR count). The van der Waals surface area contributed by atoms with Gasteiger partial charge in [-0.1, -0.05) is 10.4 Å². The van der Waals surface area contributed by atoms with Gasteiger partial charge in [0.05, 0.1) is 5.88 Å². The van der Waals surface area contributed by atoms with Crippen molar-refractivity contribution in [3.05, 3.63) is 0 Å². The molecule has 1 aliphatic rings. The van der Waals surface area contributed by atoms with Gasteiger partial charge in [0.2, 0.25) is 0 Å². The van der Waals surface area contributed by atoms with Crippen LogP contribution in [-0.4, -0.2) is 24.1 Å². The highest BCUT2D eigenvalue weighted by atomic mass is 35.5. The van der Waals surface area contributed by atoms with E-state index < -0.39 is 0 Å². The molecule has 0 aliphatic carbocycles. The molecule has 0 saturated carbocycles. The minimum Gasteiger partial charge on any atom is -0.265 e. The molecule has 0 spiro atoms. The lowest BCUT2D eigenvalue weighted by atomic mass is 10.6. The van der Waals surface area contributed by atoms with Gasteiger partial charge in [0.25, 0.3) is 0 Å². The van der Waals surface area contributed by atoms with Gasteiger partial charge in [0, 0.05) is 7.05 Å². The fourth-order valence-electron chi connectivity index (χ4n) is 0.443. The third-order valence-electron chi connectivity index (χ3n) is 0.990. The predicted molar refractivity (Wildman–Crippen MR) is 30.3 cm³/mol. The summed E-state index contributed by atoms with van der Waals surface area (Å²) in [5, 5.41) is 8.86. The first-order valence-corrected chi connectivity index (χ1v) is 2.83.